The number of nitriles is 1. The van der Waals surface area contributed by atoms with Gasteiger partial charge in [-0.25, -0.2) is 17.2 Å². The number of alkyl halides is 3. The van der Waals surface area contributed by atoms with Crippen molar-refractivity contribution in [2.45, 2.75) is 56.1 Å². The first-order valence-electron chi connectivity index (χ1n) is 26.0. The molecule has 1 saturated heterocycles. The first-order valence-corrected chi connectivity index (χ1v) is 28.9. The third kappa shape index (κ3) is 18.6. The van der Waals surface area contributed by atoms with E-state index in [4.69, 9.17) is 70.1 Å². The standard InChI is InChI=1S/C54H47Cl4F5N6O10S.C5H12/c1-75-46-25-32(7-15-43(46)68-52(72)49-47(37-3-2-4-41(58)48(37)60)53(29-64,30-67-49)38-13-8-33(55)26-42(38)59)51(71)66-18-20-77-22-24-78-23-21-76-19-17-65-50(70)31-5-10-35(11-6-31)79-45-16-9-34(56)27-44(45)69-80(73,74)36-12-14-40(57)39(28-36)54(61,62)63;1-5(2,3)4/h2-16,25-28,47,49,67,69H,17-24,30H2,1H3,(H,65,70)(H,66,71)(H,68,72);1-4H3/t47-,49?,53?;/m0./s1. The summed E-state index contributed by atoms with van der Waals surface area (Å²) >= 11 is 23.9. The molecule has 16 nitrogen and oxygen atoms in total. The molecule has 0 aliphatic carbocycles. The molecule has 3 atom stereocenters. The normalized spacial score (nSPS) is 15.9. The van der Waals surface area contributed by atoms with Crippen LogP contribution in [-0.4, -0.2) is 98.6 Å². The molecule has 2 unspecified atom stereocenters. The average molecular weight is 1280 g/mol. The second-order valence-corrected chi connectivity index (χ2v) is 23.8. The Balaban J connectivity index is 0.00000222. The van der Waals surface area contributed by atoms with Gasteiger partial charge in [-0.1, -0.05) is 92.3 Å². The molecule has 6 aromatic carbocycles. The minimum Gasteiger partial charge on any atom is -0.495 e. The summed E-state index contributed by atoms with van der Waals surface area (Å²) in [4.78, 5) is 39.1. The van der Waals surface area contributed by atoms with Crippen molar-refractivity contribution in [2.75, 3.05) is 76.4 Å². The van der Waals surface area contributed by atoms with E-state index in [1.165, 1.54) is 98.1 Å². The van der Waals surface area contributed by atoms with Crippen LogP contribution in [0.1, 0.15) is 71.0 Å². The van der Waals surface area contributed by atoms with E-state index >= 15 is 8.78 Å². The van der Waals surface area contributed by atoms with Crippen molar-refractivity contribution in [3.05, 3.63) is 175 Å². The molecule has 3 amide bonds. The molecule has 5 N–H and O–H groups in total. The number of sulfonamides is 1. The molecule has 0 bridgehead atoms. The number of nitrogens with one attached hydrogen (secondary N) is 5. The van der Waals surface area contributed by atoms with E-state index in [2.05, 4.69) is 59.8 Å². The second kappa shape index (κ2) is 30.0. The predicted molar refractivity (Wildman–Crippen MR) is 314 cm³/mol. The lowest BCUT2D eigenvalue weighted by Gasteiger charge is -2.31. The first-order chi connectivity index (χ1) is 40.1. The van der Waals surface area contributed by atoms with Gasteiger partial charge in [0.2, 0.25) is 5.91 Å². The Hall–Kier alpha value is -6.78. The number of amides is 3. The number of benzene rings is 6. The van der Waals surface area contributed by atoms with Gasteiger partial charge in [-0.05, 0) is 108 Å². The number of ether oxygens (including phenoxy) is 5. The summed E-state index contributed by atoms with van der Waals surface area (Å²) in [5.74, 6) is -4.27. The summed E-state index contributed by atoms with van der Waals surface area (Å²) in [6.45, 7) is 10.0. The molecule has 454 valence electrons. The Kier molecular flexibility index (Phi) is 23.8. The molecular formula is C59H59Cl4F5N6O10S. The predicted octanol–water partition coefficient (Wildman–Crippen LogP) is 12.6. The van der Waals surface area contributed by atoms with E-state index in [9.17, 15) is 41.2 Å². The van der Waals surface area contributed by atoms with E-state index in [0.717, 1.165) is 18.2 Å². The quantitative estimate of drug-likeness (QED) is 0.0283. The molecule has 0 saturated carbocycles. The highest BCUT2D eigenvalue weighted by atomic mass is 35.5. The van der Waals surface area contributed by atoms with Crippen molar-refractivity contribution in [2.24, 2.45) is 5.41 Å². The highest BCUT2D eigenvalue weighted by Gasteiger charge is 2.55. The van der Waals surface area contributed by atoms with Gasteiger partial charge in [-0.15, -0.1) is 0 Å². The molecular weight excluding hydrogens is 1220 g/mol. The highest BCUT2D eigenvalue weighted by molar-refractivity contribution is 7.92. The maximum atomic E-state index is 15.7. The summed E-state index contributed by atoms with van der Waals surface area (Å²) in [6.07, 6.45) is -4.90. The lowest BCUT2D eigenvalue weighted by Crippen LogP contribution is -2.41. The van der Waals surface area contributed by atoms with Crippen LogP contribution in [0.5, 0.6) is 17.2 Å². The minimum atomic E-state index is -4.90. The summed E-state index contributed by atoms with van der Waals surface area (Å²) in [7, 11) is -3.24. The molecule has 1 aliphatic rings. The fourth-order valence-electron chi connectivity index (χ4n) is 8.45. The van der Waals surface area contributed by atoms with Crippen molar-refractivity contribution in [1.29, 1.82) is 5.26 Å². The SMILES string of the molecule is CC(C)(C)C.COc1cc(C(=O)NCCOCCOCCOCCNC(=O)c2ccc(Oc3ccc(Cl)cc3NS(=O)(=O)c3ccc(Cl)c(C(F)(F)F)c3)cc2)ccc1NC(=O)C1NCC(C#N)(c2ccc(Cl)cc2F)[C@H]1c1cccc(Cl)c1F. The van der Waals surface area contributed by atoms with Crippen LogP contribution in [0.25, 0.3) is 0 Å². The van der Waals surface area contributed by atoms with E-state index in [0.29, 0.717) is 11.5 Å². The van der Waals surface area contributed by atoms with Gasteiger partial charge in [-0.2, -0.15) is 18.4 Å². The van der Waals surface area contributed by atoms with Crippen molar-refractivity contribution >= 4 is 85.5 Å². The van der Waals surface area contributed by atoms with Gasteiger partial charge in [0.05, 0.1) is 90.7 Å². The number of halogens is 9. The maximum Gasteiger partial charge on any atom is 0.417 e. The molecule has 1 fully saturated rings. The molecule has 0 spiro atoms. The van der Waals surface area contributed by atoms with Crippen LogP contribution in [-0.2, 0) is 40.6 Å². The van der Waals surface area contributed by atoms with E-state index in [-0.39, 0.29) is 125 Å². The third-order valence-electron chi connectivity index (χ3n) is 12.3. The molecule has 0 aromatic heterocycles. The Bertz CT molecular complexity index is 3500. The Labute approximate surface area is 508 Å². The Morgan fingerprint density at radius 3 is 1.89 bits per heavy atom. The Morgan fingerprint density at radius 1 is 0.706 bits per heavy atom. The second-order valence-electron chi connectivity index (χ2n) is 20.5. The fraction of sp³-hybridized carbons (Fsp3) is 0.322. The summed E-state index contributed by atoms with van der Waals surface area (Å²) in [5.41, 5.74) is -2.32. The van der Waals surface area contributed by atoms with Crippen LogP contribution < -0.4 is 35.5 Å². The van der Waals surface area contributed by atoms with Gasteiger partial charge in [-0.3, -0.25) is 19.1 Å². The number of anilines is 2. The van der Waals surface area contributed by atoms with E-state index in [1.807, 2.05) is 0 Å². The number of carbonyl (C=O) groups is 3. The summed E-state index contributed by atoms with van der Waals surface area (Å²) in [5, 5.41) is 21.0. The van der Waals surface area contributed by atoms with Crippen molar-refractivity contribution in [3.8, 4) is 23.3 Å². The van der Waals surface area contributed by atoms with Gasteiger partial charge >= 0.3 is 6.18 Å². The van der Waals surface area contributed by atoms with Crippen LogP contribution in [0.15, 0.2) is 120 Å². The topological polar surface area (TPSA) is 215 Å². The van der Waals surface area contributed by atoms with Crippen molar-refractivity contribution in [3.63, 3.8) is 0 Å². The van der Waals surface area contributed by atoms with Crippen LogP contribution in [0.2, 0.25) is 20.1 Å². The zero-order valence-corrected chi connectivity index (χ0v) is 50.2. The number of hydrogen-bond acceptors (Lipinski definition) is 12. The fourth-order valence-corrected chi connectivity index (χ4v) is 10.3. The first kappa shape index (κ1) is 67.3. The van der Waals surface area contributed by atoms with Gasteiger partial charge in [0.1, 0.15) is 28.5 Å². The molecule has 85 heavy (non-hydrogen) atoms. The van der Waals surface area contributed by atoms with Gasteiger partial charge in [0.15, 0.2) is 5.75 Å². The molecule has 26 heteroatoms. The highest BCUT2D eigenvalue weighted by Crippen LogP contribution is 2.48. The number of hydrogen-bond donors (Lipinski definition) is 5. The number of nitrogens with zero attached hydrogens (tertiary/aromatic N) is 1. The monoisotopic (exact) mass is 1280 g/mol. The van der Waals surface area contributed by atoms with Gasteiger partial charge in [0.25, 0.3) is 21.8 Å². The third-order valence-corrected chi connectivity index (χ3v) is 14.7. The average Bonchev–Trinajstić information content (AvgIpc) is 1.77. The van der Waals surface area contributed by atoms with Crippen LogP contribution >= 0.6 is 46.4 Å². The largest absolute Gasteiger partial charge is 0.495 e. The van der Waals surface area contributed by atoms with Gasteiger partial charge in [0, 0.05) is 52.3 Å². The number of carbonyl (C=O) groups excluding carboxylic acids is 3. The smallest absolute Gasteiger partial charge is 0.417 e. The zero-order chi connectivity index (χ0) is 62.3. The molecule has 1 aliphatic heterocycles. The lowest BCUT2D eigenvalue weighted by atomic mass is 9.68. The van der Waals surface area contributed by atoms with E-state index < -0.39 is 78.4 Å². The van der Waals surface area contributed by atoms with E-state index in [1.54, 1.807) is 0 Å². The van der Waals surface area contributed by atoms with Crippen LogP contribution in [0.4, 0.5) is 33.3 Å². The maximum absolute atomic E-state index is 15.7. The molecule has 0 radical (unpaired) electrons. The minimum absolute atomic E-state index is 0.0393. The van der Waals surface area contributed by atoms with Gasteiger partial charge < -0.3 is 45.0 Å². The summed E-state index contributed by atoms with van der Waals surface area (Å²) < 4.78 is 128. The van der Waals surface area contributed by atoms with Crippen LogP contribution in [0, 0.1) is 28.4 Å². The molecule has 7 rings (SSSR count). The molecule has 1 heterocycles. The van der Waals surface area contributed by atoms with Crippen molar-refractivity contribution < 1.29 is 68.4 Å². The van der Waals surface area contributed by atoms with Crippen molar-refractivity contribution in [1.82, 2.24) is 16.0 Å². The zero-order valence-electron chi connectivity index (χ0n) is 46.3. The lowest BCUT2D eigenvalue weighted by molar-refractivity contribution is -0.137. The summed E-state index contributed by atoms with van der Waals surface area (Å²) in [6, 6.07) is 25.1. The van der Waals surface area contributed by atoms with Crippen LogP contribution in [0.3, 0.4) is 0 Å². The number of rotatable bonds is 24. The number of methoxy groups -OCH3 is 1. The molecule has 6 aromatic rings. The Morgan fingerprint density at radius 2 is 1.29 bits per heavy atom.